The Balaban J connectivity index is 1.94. The van der Waals surface area contributed by atoms with E-state index in [2.05, 4.69) is 4.98 Å². The molecule has 0 aliphatic carbocycles. The summed E-state index contributed by atoms with van der Waals surface area (Å²) in [5.74, 6) is -3.03. The van der Waals surface area contributed by atoms with E-state index in [4.69, 9.17) is 4.74 Å². The van der Waals surface area contributed by atoms with E-state index in [1.807, 2.05) is 32.2 Å². The van der Waals surface area contributed by atoms with Gasteiger partial charge in [-0.2, -0.15) is 0 Å². The number of hydrogen-bond donors (Lipinski definition) is 2. The standard InChI is InChI=1S/C29H42N2O7S/c1-15-9-8-10-21-22(31(21)28(37)18(4)32)12-23(16(2)11-20-14-39-19(5)30-20)38-25(34)13-24(33)29(6,7)27(36)17(3)26(15)35/h11,14-15,17,21-24,26,33,35H,8-10,12-13H2,1-7H3/b16-11+/t15-,17+,21+,22-,23?,24-,26-,31?/m0/s1. The Kier molecular flexibility index (Phi) is 9.88. The number of cyclic esters (lactones) is 1. The Hall–Kier alpha value is -2.43. The molecule has 3 rings (SSSR count). The van der Waals surface area contributed by atoms with Crippen LogP contribution in [0.2, 0.25) is 0 Å². The van der Waals surface area contributed by atoms with Crippen LogP contribution < -0.4 is 0 Å². The number of thiazole rings is 1. The van der Waals surface area contributed by atoms with Gasteiger partial charge in [-0.05, 0) is 44.3 Å². The summed E-state index contributed by atoms with van der Waals surface area (Å²) in [6, 6.07) is -0.465. The summed E-state index contributed by atoms with van der Waals surface area (Å²) < 4.78 is 5.87. The van der Waals surface area contributed by atoms with Gasteiger partial charge in [-0.25, -0.2) is 4.98 Å². The lowest BCUT2D eigenvalue weighted by atomic mass is 9.73. The molecule has 1 unspecified atom stereocenters. The third-order valence-electron chi connectivity index (χ3n) is 8.35. The summed E-state index contributed by atoms with van der Waals surface area (Å²) in [4.78, 5) is 57.0. The number of aliphatic hydroxyl groups is 2. The third kappa shape index (κ3) is 7.21. The number of hydrogen-bond acceptors (Lipinski definition) is 9. The maximum Gasteiger partial charge on any atom is 0.309 e. The molecule has 0 bridgehead atoms. The first kappa shape index (κ1) is 31.1. The molecule has 9 nitrogen and oxygen atoms in total. The molecule has 0 radical (unpaired) electrons. The van der Waals surface area contributed by atoms with Crippen molar-refractivity contribution in [3.63, 3.8) is 0 Å². The van der Waals surface area contributed by atoms with Crippen LogP contribution in [-0.4, -0.2) is 73.9 Å². The van der Waals surface area contributed by atoms with E-state index in [1.54, 1.807) is 25.7 Å². The minimum atomic E-state index is -1.31. The first-order valence-corrected chi connectivity index (χ1v) is 14.6. The van der Waals surface area contributed by atoms with Crippen LogP contribution in [0, 0.1) is 24.2 Å². The van der Waals surface area contributed by atoms with Crippen molar-refractivity contribution in [1.82, 2.24) is 9.88 Å². The van der Waals surface area contributed by atoms with Crippen LogP contribution in [0.25, 0.3) is 6.08 Å². The van der Waals surface area contributed by atoms with Crippen LogP contribution in [0.1, 0.15) is 84.3 Å². The van der Waals surface area contributed by atoms with Gasteiger partial charge < -0.3 is 19.8 Å². The lowest BCUT2D eigenvalue weighted by molar-refractivity contribution is -0.154. The molecule has 2 N–H and O–H groups in total. The second kappa shape index (κ2) is 12.4. The average molecular weight is 563 g/mol. The van der Waals surface area contributed by atoms with Gasteiger partial charge in [0.05, 0.1) is 46.8 Å². The van der Waals surface area contributed by atoms with Crippen molar-refractivity contribution in [2.24, 2.45) is 17.3 Å². The zero-order valence-electron chi connectivity index (χ0n) is 24.0. The number of Topliss-reactive ketones (excluding diaryl/α,β-unsaturated/α-hetero) is 2. The highest BCUT2D eigenvalue weighted by molar-refractivity contribution is 7.09. The van der Waals surface area contributed by atoms with Gasteiger partial charge in [0.15, 0.2) is 0 Å². The minimum absolute atomic E-state index is 0.183. The van der Waals surface area contributed by atoms with Crippen LogP contribution in [0.3, 0.4) is 0 Å². The number of aryl methyl sites for hydroxylation is 1. The summed E-state index contributed by atoms with van der Waals surface area (Å²) in [5, 5.41) is 24.6. The molecule has 7 atom stereocenters. The quantitative estimate of drug-likeness (QED) is 0.325. The number of rotatable bonds is 3. The lowest BCUT2D eigenvalue weighted by Crippen LogP contribution is -2.45. The molecule has 1 aromatic heterocycles. The number of nitrogens with zero attached hydrogens (tertiary/aromatic N) is 2. The summed E-state index contributed by atoms with van der Waals surface area (Å²) >= 11 is 1.50. The number of ketones is 2. The van der Waals surface area contributed by atoms with Gasteiger partial charge in [0, 0.05) is 24.6 Å². The van der Waals surface area contributed by atoms with Gasteiger partial charge in [-0.15, -0.1) is 11.3 Å². The maximum absolute atomic E-state index is 13.3. The molecule has 10 heteroatoms. The zero-order chi connectivity index (χ0) is 29.2. The molecule has 2 aliphatic heterocycles. The fourth-order valence-corrected chi connectivity index (χ4v) is 6.15. The van der Waals surface area contributed by atoms with Crippen LogP contribution in [-0.2, 0) is 23.9 Å². The number of fused-ring (bicyclic) bond motifs is 1. The van der Waals surface area contributed by atoms with Crippen molar-refractivity contribution in [3.05, 3.63) is 21.7 Å². The van der Waals surface area contributed by atoms with Crippen LogP contribution >= 0.6 is 11.3 Å². The molecular weight excluding hydrogens is 520 g/mol. The number of aliphatic hydroxyl groups excluding tert-OH is 2. The Morgan fingerprint density at radius 2 is 1.82 bits per heavy atom. The van der Waals surface area contributed by atoms with E-state index in [0.29, 0.717) is 25.7 Å². The van der Waals surface area contributed by atoms with Gasteiger partial charge in [0.2, 0.25) is 5.78 Å². The van der Waals surface area contributed by atoms with E-state index in [0.717, 1.165) is 16.3 Å². The number of carbonyl (C=O) groups is 4. The highest BCUT2D eigenvalue weighted by Gasteiger charge is 2.52. The van der Waals surface area contributed by atoms with E-state index in [-0.39, 0.29) is 23.8 Å². The van der Waals surface area contributed by atoms with Crippen molar-refractivity contribution in [2.75, 3.05) is 0 Å². The predicted octanol–water partition coefficient (Wildman–Crippen LogP) is 3.49. The maximum atomic E-state index is 13.3. The average Bonchev–Trinajstić information content (AvgIpc) is 3.38. The van der Waals surface area contributed by atoms with E-state index in [1.165, 1.54) is 18.3 Å². The fourth-order valence-electron chi connectivity index (χ4n) is 5.58. The molecule has 1 aromatic rings. The summed E-state index contributed by atoms with van der Waals surface area (Å²) in [6.45, 7) is 11.7. The lowest BCUT2D eigenvalue weighted by Gasteiger charge is -2.34. The molecule has 3 heterocycles. The number of amides is 1. The molecule has 216 valence electrons. The van der Waals surface area contributed by atoms with Gasteiger partial charge >= 0.3 is 5.97 Å². The molecule has 0 saturated carbocycles. The molecule has 1 amide bonds. The molecule has 0 aromatic carbocycles. The zero-order valence-corrected chi connectivity index (χ0v) is 24.8. The summed E-state index contributed by atoms with van der Waals surface area (Å²) in [6.07, 6.45) is 0.737. The topological polar surface area (TPSA) is 134 Å². The molecule has 2 fully saturated rings. The molecule has 0 spiro atoms. The highest BCUT2D eigenvalue weighted by atomic mass is 32.1. The van der Waals surface area contributed by atoms with Crippen molar-refractivity contribution in [1.29, 1.82) is 0 Å². The molecule has 2 aliphatic rings. The summed E-state index contributed by atoms with van der Waals surface area (Å²) in [7, 11) is 0. The SMILES string of the molecule is CC(=O)C(=O)N1[C@@H]2CCC[C@H](C)[C@H](O)[C@@H](C)C(=O)C(C)(C)[C@@H](O)CC(=O)OC(/C(C)=C/c3csc(C)n3)C[C@@H]21. The number of aromatic nitrogens is 1. The monoisotopic (exact) mass is 562 g/mol. The largest absolute Gasteiger partial charge is 0.458 e. The normalized spacial score (nSPS) is 32.8. The first-order chi connectivity index (χ1) is 18.1. The van der Waals surface area contributed by atoms with E-state index >= 15 is 0 Å². The Morgan fingerprint density at radius 1 is 1.15 bits per heavy atom. The molecule has 39 heavy (non-hydrogen) atoms. The Labute approximate surface area is 234 Å². The van der Waals surface area contributed by atoms with Crippen molar-refractivity contribution >= 4 is 40.9 Å². The Morgan fingerprint density at radius 3 is 2.41 bits per heavy atom. The number of esters is 1. The number of carbonyl (C=O) groups excluding carboxylic acids is 4. The van der Waals surface area contributed by atoms with Gasteiger partial charge in [0.25, 0.3) is 5.91 Å². The minimum Gasteiger partial charge on any atom is -0.458 e. The highest BCUT2D eigenvalue weighted by Crippen LogP contribution is 2.39. The van der Waals surface area contributed by atoms with Crippen molar-refractivity contribution in [3.8, 4) is 0 Å². The number of ether oxygens (including phenoxy) is 1. The van der Waals surface area contributed by atoms with Crippen LogP contribution in [0.4, 0.5) is 0 Å². The van der Waals surface area contributed by atoms with Crippen LogP contribution in [0.15, 0.2) is 11.0 Å². The smallest absolute Gasteiger partial charge is 0.309 e. The summed E-state index contributed by atoms with van der Waals surface area (Å²) in [5.41, 5.74) is 0.183. The van der Waals surface area contributed by atoms with Crippen LogP contribution in [0.5, 0.6) is 0 Å². The van der Waals surface area contributed by atoms with Crippen molar-refractivity contribution < 1.29 is 34.1 Å². The van der Waals surface area contributed by atoms with Gasteiger partial charge in [-0.3, -0.25) is 19.2 Å². The van der Waals surface area contributed by atoms with Gasteiger partial charge in [0.1, 0.15) is 11.9 Å². The molecule has 2 saturated heterocycles. The van der Waals surface area contributed by atoms with E-state index in [9.17, 15) is 29.4 Å². The van der Waals surface area contributed by atoms with Gasteiger partial charge in [-0.1, -0.05) is 34.1 Å². The second-order valence-electron chi connectivity index (χ2n) is 11.8. The van der Waals surface area contributed by atoms with E-state index < -0.39 is 53.7 Å². The van der Waals surface area contributed by atoms with Crippen molar-refractivity contribution in [2.45, 2.75) is 111 Å². The third-order valence-corrected chi connectivity index (χ3v) is 9.14. The Bertz CT molecular complexity index is 1130. The second-order valence-corrected chi connectivity index (χ2v) is 12.9. The predicted molar refractivity (Wildman–Crippen MR) is 148 cm³/mol. The molecular formula is C29H42N2O7S. The fraction of sp³-hybridized carbons (Fsp3) is 0.690. The first-order valence-electron chi connectivity index (χ1n) is 13.7.